The van der Waals surface area contributed by atoms with Gasteiger partial charge in [0.25, 0.3) is 11.6 Å². The summed E-state index contributed by atoms with van der Waals surface area (Å²) < 4.78 is 11.1. The Kier molecular flexibility index (Phi) is 6.21. The molecule has 0 unspecified atom stereocenters. The molecule has 0 spiro atoms. The maximum atomic E-state index is 11.8. The van der Waals surface area contributed by atoms with Crippen LogP contribution < -0.4 is 14.9 Å². The third-order valence-electron chi connectivity index (χ3n) is 3.95. The van der Waals surface area contributed by atoms with E-state index in [2.05, 4.69) is 15.5 Å². The molecule has 1 amide bonds. The number of hydrogen-bond acceptors (Lipinski definition) is 6. The Hall–Kier alpha value is -4.14. The monoisotopic (exact) mass is 394 g/mol. The second kappa shape index (κ2) is 9.18. The predicted octanol–water partition coefficient (Wildman–Crippen LogP) is 3.27. The average Bonchev–Trinajstić information content (AvgIpc) is 3.28. The third-order valence-corrected chi connectivity index (χ3v) is 3.95. The summed E-state index contributed by atoms with van der Waals surface area (Å²) in [5.74, 6) is 0.659. The highest BCUT2D eigenvalue weighted by atomic mass is 16.6. The van der Waals surface area contributed by atoms with Crippen LogP contribution in [0.5, 0.6) is 11.5 Å². The molecule has 0 fully saturated rings. The molecule has 3 aromatic rings. The minimum Gasteiger partial charge on any atom is -0.493 e. The van der Waals surface area contributed by atoms with E-state index in [1.807, 2.05) is 0 Å². The molecule has 9 heteroatoms. The van der Waals surface area contributed by atoms with Crippen LogP contribution in [0.1, 0.15) is 21.6 Å². The lowest BCUT2D eigenvalue weighted by molar-refractivity contribution is -0.384. The first-order valence-electron chi connectivity index (χ1n) is 8.58. The van der Waals surface area contributed by atoms with Crippen LogP contribution in [0.25, 0.3) is 0 Å². The van der Waals surface area contributed by atoms with Crippen LogP contribution in [-0.4, -0.2) is 29.1 Å². The maximum absolute atomic E-state index is 11.8. The Labute approximate surface area is 166 Å². The van der Waals surface area contributed by atoms with Crippen molar-refractivity contribution in [3.63, 3.8) is 0 Å². The molecule has 0 aliphatic heterocycles. The maximum Gasteiger partial charge on any atom is 0.287 e. The molecule has 2 aromatic carbocycles. The van der Waals surface area contributed by atoms with Crippen molar-refractivity contribution < 1.29 is 19.2 Å². The normalized spacial score (nSPS) is 10.7. The lowest BCUT2D eigenvalue weighted by atomic mass is 10.2. The van der Waals surface area contributed by atoms with Crippen molar-refractivity contribution in [3.8, 4) is 11.5 Å². The van der Waals surface area contributed by atoms with Gasteiger partial charge in [-0.15, -0.1) is 0 Å². The fourth-order valence-electron chi connectivity index (χ4n) is 2.46. The number of nitro benzene ring substituents is 1. The average molecular weight is 394 g/mol. The van der Waals surface area contributed by atoms with E-state index in [9.17, 15) is 14.9 Å². The lowest BCUT2D eigenvalue weighted by Gasteiger charge is -2.11. The van der Waals surface area contributed by atoms with E-state index in [1.54, 1.807) is 48.7 Å². The Bertz CT molecular complexity index is 1010. The number of benzene rings is 2. The number of non-ortho nitro benzene ring substituents is 1. The molecule has 0 radical (unpaired) electrons. The van der Waals surface area contributed by atoms with Crippen LogP contribution in [0.4, 0.5) is 5.69 Å². The minimum absolute atomic E-state index is 0.0262. The van der Waals surface area contributed by atoms with E-state index >= 15 is 0 Å². The largest absolute Gasteiger partial charge is 0.493 e. The zero-order valence-corrected chi connectivity index (χ0v) is 15.5. The van der Waals surface area contributed by atoms with Gasteiger partial charge in [-0.05, 0) is 53.6 Å². The first kappa shape index (κ1) is 19.6. The smallest absolute Gasteiger partial charge is 0.287 e. The summed E-state index contributed by atoms with van der Waals surface area (Å²) in [6.07, 6.45) is 3.14. The van der Waals surface area contributed by atoms with Gasteiger partial charge in [-0.2, -0.15) is 5.10 Å². The molecule has 0 saturated carbocycles. The molecule has 2 N–H and O–H groups in total. The van der Waals surface area contributed by atoms with Gasteiger partial charge in [0.2, 0.25) is 0 Å². The molecule has 0 saturated heterocycles. The summed E-state index contributed by atoms with van der Waals surface area (Å²) in [5.41, 5.74) is 4.35. The first-order valence-corrected chi connectivity index (χ1v) is 8.58. The number of carbonyl (C=O) groups excluding carboxylic acids is 1. The fraction of sp³-hybridized carbons (Fsp3) is 0.100. The van der Waals surface area contributed by atoms with Gasteiger partial charge in [-0.25, -0.2) is 5.43 Å². The summed E-state index contributed by atoms with van der Waals surface area (Å²) in [4.78, 5) is 24.9. The number of aromatic nitrogens is 1. The number of rotatable bonds is 8. The van der Waals surface area contributed by atoms with E-state index in [-0.39, 0.29) is 18.2 Å². The number of ether oxygens (including phenoxy) is 2. The van der Waals surface area contributed by atoms with Gasteiger partial charge >= 0.3 is 0 Å². The number of amides is 1. The highest BCUT2D eigenvalue weighted by molar-refractivity contribution is 5.93. The third kappa shape index (κ3) is 5.19. The van der Waals surface area contributed by atoms with Crippen LogP contribution in [-0.2, 0) is 6.61 Å². The highest BCUT2D eigenvalue weighted by Gasteiger charge is 2.08. The number of nitrogens with one attached hydrogen (secondary N) is 2. The number of carbonyl (C=O) groups is 1. The molecule has 1 aromatic heterocycles. The zero-order chi connectivity index (χ0) is 20.6. The Morgan fingerprint density at radius 2 is 2.00 bits per heavy atom. The summed E-state index contributed by atoms with van der Waals surface area (Å²) in [6, 6.07) is 14.7. The SMILES string of the molecule is COc1cc(/C=N\NC(=O)c2ccc[nH]2)ccc1OCc1ccc([N+](=O)[O-])cc1. The van der Waals surface area contributed by atoms with Crippen molar-refractivity contribution in [1.82, 2.24) is 10.4 Å². The van der Waals surface area contributed by atoms with Crippen LogP contribution in [0.15, 0.2) is 65.9 Å². The zero-order valence-electron chi connectivity index (χ0n) is 15.5. The van der Waals surface area contributed by atoms with Crippen molar-refractivity contribution in [2.24, 2.45) is 5.10 Å². The number of nitrogens with zero attached hydrogens (tertiary/aromatic N) is 2. The van der Waals surface area contributed by atoms with Gasteiger partial charge in [0.05, 0.1) is 18.2 Å². The fourth-order valence-corrected chi connectivity index (χ4v) is 2.46. The van der Waals surface area contributed by atoms with Gasteiger partial charge in [-0.1, -0.05) is 0 Å². The van der Waals surface area contributed by atoms with Crippen LogP contribution in [0.3, 0.4) is 0 Å². The number of methoxy groups -OCH3 is 1. The van der Waals surface area contributed by atoms with E-state index in [0.29, 0.717) is 22.8 Å². The van der Waals surface area contributed by atoms with Crippen LogP contribution in [0, 0.1) is 10.1 Å². The molecule has 0 aliphatic carbocycles. The molecule has 0 aliphatic rings. The summed E-state index contributed by atoms with van der Waals surface area (Å²) >= 11 is 0. The number of hydrogen-bond donors (Lipinski definition) is 2. The van der Waals surface area contributed by atoms with Crippen molar-refractivity contribution in [1.29, 1.82) is 0 Å². The standard InChI is InChI=1S/C20H18N4O5/c1-28-19-11-15(12-22-23-20(25)17-3-2-10-21-17)6-9-18(19)29-13-14-4-7-16(8-5-14)24(26)27/h2-12,21H,13H2,1H3,(H,23,25)/b22-12-. The van der Waals surface area contributed by atoms with Gasteiger partial charge in [0.1, 0.15) is 12.3 Å². The van der Waals surface area contributed by atoms with Crippen LogP contribution in [0.2, 0.25) is 0 Å². The van der Waals surface area contributed by atoms with Crippen molar-refractivity contribution >= 4 is 17.8 Å². The van der Waals surface area contributed by atoms with E-state index in [1.165, 1.54) is 25.5 Å². The molecule has 0 atom stereocenters. The molecule has 1 heterocycles. The van der Waals surface area contributed by atoms with E-state index in [0.717, 1.165) is 5.56 Å². The van der Waals surface area contributed by atoms with Crippen LogP contribution >= 0.6 is 0 Å². The molecular weight excluding hydrogens is 376 g/mol. The Morgan fingerprint density at radius 3 is 2.66 bits per heavy atom. The molecule has 29 heavy (non-hydrogen) atoms. The molecule has 3 rings (SSSR count). The predicted molar refractivity (Wildman–Crippen MR) is 106 cm³/mol. The molecule has 148 valence electrons. The number of nitro groups is 1. The Morgan fingerprint density at radius 1 is 1.21 bits per heavy atom. The van der Waals surface area contributed by atoms with E-state index < -0.39 is 4.92 Å². The quantitative estimate of drug-likeness (QED) is 0.345. The minimum atomic E-state index is -0.450. The van der Waals surface area contributed by atoms with Crippen molar-refractivity contribution in [2.75, 3.05) is 7.11 Å². The summed E-state index contributed by atoms with van der Waals surface area (Å²) in [6.45, 7) is 0.230. The number of aromatic amines is 1. The van der Waals surface area contributed by atoms with Gasteiger partial charge < -0.3 is 14.5 Å². The first-order chi connectivity index (χ1) is 14.1. The van der Waals surface area contributed by atoms with Gasteiger partial charge in [-0.3, -0.25) is 14.9 Å². The van der Waals surface area contributed by atoms with Crippen molar-refractivity contribution in [3.05, 3.63) is 87.7 Å². The molecular formula is C20H18N4O5. The number of hydrazone groups is 1. The topological polar surface area (TPSA) is 119 Å². The molecule has 0 bridgehead atoms. The second-order valence-corrected chi connectivity index (χ2v) is 5.91. The Balaban J connectivity index is 1.61. The highest BCUT2D eigenvalue weighted by Crippen LogP contribution is 2.28. The van der Waals surface area contributed by atoms with Crippen molar-refractivity contribution in [2.45, 2.75) is 6.61 Å². The van der Waals surface area contributed by atoms with E-state index in [4.69, 9.17) is 9.47 Å². The van der Waals surface area contributed by atoms with Gasteiger partial charge in [0.15, 0.2) is 11.5 Å². The second-order valence-electron chi connectivity index (χ2n) is 5.91. The molecule has 9 nitrogen and oxygen atoms in total. The summed E-state index contributed by atoms with van der Waals surface area (Å²) in [5, 5.41) is 14.6. The number of H-pyrrole nitrogens is 1. The lowest BCUT2D eigenvalue weighted by Crippen LogP contribution is -2.17. The van der Waals surface area contributed by atoms with Gasteiger partial charge in [0, 0.05) is 18.3 Å². The summed E-state index contributed by atoms with van der Waals surface area (Å²) in [7, 11) is 1.52.